The summed E-state index contributed by atoms with van der Waals surface area (Å²) in [5, 5.41) is 0. The van der Waals surface area contributed by atoms with Crippen LogP contribution in [0.3, 0.4) is 0 Å². The topological polar surface area (TPSA) is 9.23 Å². The largest absolute Gasteiger partial charge is 0.456 e. The molecule has 3 heteroatoms. The highest BCUT2D eigenvalue weighted by molar-refractivity contribution is 6.83. The highest BCUT2D eigenvalue weighted by Crippen LogP contribution is 2.12. The molecule has 0 aromatic rings. The van der Waals surface area contributed by atoms with Crippen LogP contribution in [0.15, 0.2) is 12.7 Å². The Kier molecular flexibility index (Phi) is 6.99. The van der Waals surface area contributed by atoms with E-state index in [9.17, 15) is 0 Å². The van der Waals surface area contributed by atoms with Crippen molar-refractivity contribution in [1.82, 2.24) is 0 Å². The van der Waals surface area contributed by atoms with E-state index in [-0.39, 0.29) is 0 Å². The van der Waals surface area contributed by atoms with Gasteiger partial charge in [-0.3, -0.25) is 0 Å². The van der Waals surface area contributed by atoms with Crippen molar-refractivity contribution in [1.29, 1.82) is 0 Å². The van der Waals surface area contributed by atoms with Crippen molar-refractivity contribution >= 4 is 16.6 Å². The van der Waals surface area contributed by atoms with Crippen LogP contribution in [0.2, 0.25) is 39.3 Å². The third kappa shape index (κ3) is 22.5. The van der Waals surface area contributed by atoms with Crippen LogP contribution in [0.25, 0.3) is 0 Å². The lowest BCUT2D eigenvalue weighted by Crippen LogP contribution is -2.39. The van der Waals surface area contributed by atoms with Crippen molar-refractivity contribution in [2.45, 2.75) is 46.2 Å². The normalized spacial score (nSPS) is 11.6. The fourth-order valence-corrected chi connectivity index (χ4v) is 8.27. The zero-order valence-electron chi connectivity index (χ0n) is 9.69. The van der Waals surface area contributed by atoms with Crippen molar-refractivity contribution in [2.75, 3.05) is 0 Å². The van der Waals surface area contributed by atoms with E-state index >= 15 is 0 Å². The van der Waals surface area contributed by atoms with E-state index in [4.69, 9.17) is 4.12 Å². The van der Waals surface area contributed by atoms with Gasteiger partial charge < -0.3 is 4.12 Å². The van der Waals surface area contributed by atoms with Crippen LogP contribution >= 0.6 is 0 Å². The second-order valence-corrected chi connectivity index (χ2v) is 14.0. The minimum Gasteiger partial charge on any atom is -0.456 e. The molecule has 0 aliphatic heterocycles. The molecule has 0 amide bonds. The van der Waals surface area contributed by atoms with Gasteiger partial charge >= 0.3 is 0 Å². The molecule has 0 fully saturated rings. The molecular formula is C9H24OSi2. The summed E-state index contributed by atoms with van der Waals surface area (Å²) in [6.45, 7) is 18.7. The van der Waals surface area contributed by atoms with Gasteiger partial charge in [0.2, 0.25) is 0 Å². The van der Waals surface area contributed by atoms with Crippen LogP contribution < -0.4 is 0 Å². The second-order valence-electron chi connectivity index (χ2n) is 4.74. The lowest BCUT2D eigenvalue weighted by Gasteiger charge is -2.27. The number of hydrogen-bond donors (Lipinski definition) is 0. The summed E-state index contributed by atoms with van der Waals surface area (Å²) in [4.78, 5) is 0. The fourth-order valence-electron chi connectivity index (χ4n) is 0.919. The van der Waals surface area contributed by atoms with Gasteiger partial charge in [0.05, 0.1) is 0 Å². The van der Waals surface area contributed by atoms with E-state index in [1.807, 2.05) is 6.92 Å². The molecule has 0 atom stereocenters. The Balaban J connectivity index is 0. The molecule has 0 aliphatic rings. The maximum Gasteiger partial charge on any atom is 0.170 e. The van der Waals surface area contributed by atoms with E-state index in [0.29, 0.717) is 0 Å². The van der Waals surface area contributed by atoms with Crippen LogP contribution in [0.5, 0.6) is 0 Å². The second kappa shape index (κ2) is 5.72. The average molecular weight is 204 g/mol. The average Bonchev–Trinajstić information content (AvgIpc) is 1.53. The molecule has 0 aromatic heterocycles. The molecular weight excluding hydrogens is 180 g/mol. The summed E-state index contributed by atoms with van der Waals surface area (Å²) in [5.41, 5.74) is 0. The molecule has 0 radical (unpaired) electrons. The molecule has 0 unspecified atom stereocenters. The van der Waals surface area contributed by atoms with Gasteiger partial charge in [-0.2, -0.15) is 0 Å². The van der Waals surface area contributed by atoms with E-state index in [2.05, 4.69) is 45.9 Å². The first-order valence-electron chi connectivity index (χ1n) is 4.39. The predicted octanol–water partition coefficient (Wildman–Crippen LogP) is 3.87. The van der Waals surface area contributed by atoms with Crippen molar-refractivity contribution < 1.29 is 4.12 Å². The zero-order valence-corrected chi connectivity index (χ0v) is 11.7. The molecule has 0 heterocycles. The Morgan fingerprint density at radius 3 is 1.08 bits per heavy atom. The molecule has 74 valence electrons. The number of allylic oxidation sites excluding steroid dienone is 1. The first-order valence-corrected chi connectivity index (χ1v) is 11.2. The van der Waals surface area contributed by atoms with Gasteiger partial charge in [-0.1, -0.05) is 6.08 Å². The first kappa shape index (κ1) is 14.6. The van der Waals surface area contributed by atoms with Crippen molar-refractivity contribution in [3.05, 3.63) is 12.7 Å². The summed E-state index contributed by atoms with van der Waals surface area (Å²) in [7, 11) is -2.46. The molecule has 0 aliphatic carbocycles. The maximum absolute atomic E-state index is 5.90. The summed E-state index contributed by atoms with van der Waals surface area (Å²) in [5.74, 6) is 0. The summed E-state index contributed by atoms with van der Waals surface area (Å²) >= 11 is 0. The summed E-state index contributed by atoms with van der Waals surface area (Å²) < 4.78 is 5.90. The Labute approximate surface area is 80.1 Å². The molecule has 0 aromatic carbocycles. The van der Waals surface area contributed by atoms with Gasteiger partial charge in [0, 0.05) is 0 Å². The van der Waals surface area contributed by atoms with Gasteiger partial charge in [0.1, 0.15) is 0 Å². The lowest BCUT2D eigenvalue weighted by molar-refractivity contribution is 0.559. The van der Waals surface area contributed by atoms with E-state index in [1.165, 1.54) is 0 Å². The highest BCUT2D eigenvalue weighted by Gasteiger charge is 2.24. The molecule has 0 saturated carbocycles. The Morgan fingerprint density at radius 1 is 0.917 bits per heavy atom. The first-order chi connectivity index (χ1) is 5.12. The summed E-state index contributed by atoms with van der Waals surface area (Å²) in [6, 6.07) is 0. The van der Waals surface area contributed by atoms with Gasteiger partial charge in [-0.25, -0.2) is 0 Å². The molecule has 0 bridgehead atoms. The molecule has 0 spiro atoms. The number of rotatable bonds is 2. The smallest absolute Gasteiger partial charge is 0.170 e. The zero-order chi connectivity index (χ0) is 10.4. The monoisotopic (exact) mass is 204 g/mol. The predicted molar refractivity (Wildman–Crippen MR) is 63.6 cm³/mol. The van der Waals surface area contributed by atoms with Gasteiger partial charge in [-0.15, -0.1) is 6.58 Å². The van der Waals surface area contributed by atoms with Gasteiger partial charge in [0.25, 0.3) is 0 Å². The quantitative estimate of drug-likeness (QED) is 0.490. The minimum absolute atomic E-state index is 1.23. The van der Waals surface area contributed by atoms with Crippen molar-refractivity contribution in [2.24, 2.45) is 0 Å². The van der Waals surface area contributed by atoms with Crippen molar-refractivity contribution in [3.63, 3.8) is 0 Å². The van der Waals surface area contributed by atoms with E-state index < -0.39 is 16.6 Å². The highest BCUT2D eigenvalue weighted by atomic mass is 28.4. The molecule has 0 saturated heterocycles. The maximum atomic E-state index is 5.90. The van der Waals surface area contributed by atoms with Crippen molar-refractivity contribution in [3.8, 4) is 0 Å². The van der Waals surface area contributed by atoms with Crippen LogP contribution in [-0.2, 0) is 4.12 Å². The number of hydrogen-bond acceptors (Lipinski definition) is 1. The van der Waals surface area contributed by atoms with E-state index in [1.54, 1.807) is 6.08 Å². The lowest BCUT2D eigenvalue weighted by atomic mass is 10.8. The van der Waals surface area contributed by atoms with Crippen LogP contribution in [0.4, 0.5) is 0 Å². The Morgan fingerprint density at radius 2 is 1.08 bits per heavy atom. The van der Waals surface area contributed by atoms with Crippen LogP contribution in [0, 0.1) is 0 Å². The standard InChI is InChI=1S/C6H18OSi2.C3H6/c1-8(2,3)7-9(4,5)6;1-3-2/h1-6H3;3H,1H2,2H3. The SMILES string of the molecule is C=CC.C[Si](C)(C)O[Si](C)(C)C. The van der Waals surface area contributed by atoms with E-state index in [0.717, 1.165) is 0 Å². The summed E-state index contributed by atoms with van der Waals surface area (Å²) in [6.07, 6.45) is 1.75. The third-order valence-electron chi connectivity index (χ3n) is 0.612. The third-order valence-corrected chi connectivity index (χ3v) is 5.51. The van der Waals surface area contributed by atoms with Gasteiger partial charge in [-0.05, 0) is 46.2 Å². The van der Waals surface area contributed by atoms with Crippen LogP contribution in [0.1, 0.15) is 6.92 Å². The Hall–Kier alpha value is 0.134. The van der Waals surface area contributed by atoms with Crippen LogP contribution in [-0.4, -0.2) is 16.6 Å². The molecule has 0 N–H and O–H groups in total. The van der Waals surface area contributed by atoms with Gasteiger partial charge in [0.15, 0.2) is 16.6 Å². The molecule has 1 nitrogen and oxygen atoms in total. The molecule has 12 heavy (non-hydrogen) atoms. The Bertz CT molecular complexity index is 107. The fraction of sp³-hybridized carbons (Fsp3) is 0.778. The minimum atomic E-state index is -1.23. The molecule has 0 rings (SSSR count).